The van der Waals surface area contributed by atoms with Gasteiger partial charge in [-0.25, -0.2) is 0 Å². The molecule has 3 heteroatoms. The van der Waals surface area contributed by atoms with Gasteiger partial charge in [-0.05, 0) is 160 Å². The minimum Gasteiger partial charge on any atom is -0.311 e. The van der Waals surface area contributed by atoms with Crippen LogP contribution in [0.25, 0.3) is 99.5 Å². The summed E-state index contributed by atoms with van der Waals surface area (Å²) in [5.41, 5.74) is 21.1. The van der Waals surface area contributed by atoms with Crippen LogP contribution in [0.1, 0.15) is 30.7 Å². The van der Waals surface area contributed by atoms with E-state index < -0.39 is 0 Å². The second kappa shape index (κ2) is 18.8. The van der Waals surface area contributed by atoms with E-state index in [2.05, 4.69) is 293 Å². The molecule has 11 aromatic carbocycles. The van der Waals surface area contributed by atoms with E-state index >= 15 is 0 Å². The Morgan fingerprint density at radius 2 is 0.680 bits per heavy atom. The molecule has 354 valence electrons. The molecule has 0 amide bonds. The van der Waals surface area contributed by atoms with Crippen LogP contribution in [0.15, 0.2) is 267 Å². The molecule has 0 N–H and O–H groups in total. The Balaban J connectivity index is 0.815. The fourth-order valence-electron chi connectivity index (χ4n) is 11.6. The molecule has 13 aromatic rings. The minimum absolute atomic E-state index is 0.316. The van der Waals surface area contributed by atoms with Gasteiger partial charge in [-0.15, -0.1) is 5.92 Å². The van der Waals surface area contributed by atoms with Crippen LogP contribution >= 0.6 is 0 Å². The van der Waals surface area contributed by atoms with E-state index in [1.807, 2.05) is 0 Å². The van der Waals surface area contributed by atoms with E-state index in [-0.39, 0.29) is 0 Å². The fourth-order valence-corrected chi connectivity index (χ4v) is 11.6. The van der Waals surface area contributed by atoms with E-state index in [1.165, 1.54) is 89.0 Å². The molecule has 2 heterocycles. The third-order valence-corrected chi connectivity index (χ3v) is 15.3. The van der Waals surface area contributed by atoms with Crippen molar-refractivity contribution in [3.05, 3.63) is 272 Å². The maximum absolute atomic E-state index is 3.49. The van der Waals surface area contributed by atoms with Crippen LogP contribution in [0.4, 0.5) is 17.1 Å². The number of nitrogens with zero attached hydrogens (tertiary/aromatic N) is 3. The number of para-hydroxylation sites is 4. The normalized spacial score (nSPS) is 13.3. The van der Waals surface area contributed by atoms with Crippen LogP contribution < -0.4 is 4.90 Å². The Hall–Kier alpha value is -9.62. The molecular formula is C72H51N3. The van der Waals surface area contributed by atoms with Crippen molar-refractivity contribution < 1.29 is 0 Å². The van der Waals surface area contributed by atoms with Crippen molar-refractivity contribution in [2.24, 2.45) is 0 Å². The van der Waals surface area contributed by atoms with Gasteiger partial charge in [0.2, 0.25) is 0 Å². The first kappa shape index (κ1) is 44.1. The van der Waals surface area contributed by atoms with Gasteiger partial charge in [-0.1, -0.05) is 176 Å². The zero-order valence-electron chi connectivity index (χ0n) is 41.4. The summed E-state index contributed by atoms with van der Waals surface area (Å²) in [5, 5.41) is 5.04. The van der Waals surface area contributed by atoms with Crippen LogP contribution in [-0.2, 0) is 0 Å². The predicted molar refractivity (Wildman–Crippen MR) is 316 cm³/mol. The summed E-state index contributed by atoms with van der Waals surface area (Å²) in [6.07, 6.45) is 3.31. The molecule has 0 fully saturated rings. The van der Waals surface area contributed by atoms with E-state index in [1.54, 1.807) is 0 Å². The third-order valence-electron chi connectivity index (χ3n) is 15.3. The minimum atomic E-state index is 0.316. The maximum Gasteiger partial charge on any atom is 0.0541 e. The van der Waals surface area contributed by atoms with Crippen LogP contribution in [0.3, 0.4) is 0 Å². The first-order valence-electron chi connectivity index (χ1n) is 26.2. The number of anilines is 3. The van der Waals surface area contributed by atoms with Gasteiger partial charge in [0.1, 0.15) is 0 Å². The molecule has 0 aliphatic heterocycles. The molecule has 1 atom stereocenters. The average molecular weight is 958 g/mol. The number of hydrogen-bond acceptors (Lipinski definition) is 1. The molecule has 1 aliphatic carbocycles. The van der Waals surface area contributed by atoms with Crippen molar-refractivity contribution in [1.29, 1.82) is 0 Å². The van der Waals surface area contributed by atoms with E-state index in [9.17, 15) is 0 Å². The number of benzene rings is 11. The first-order valence-corrected chi connectivity index (χ1v) is 26.2. The predicted octanol–water partition coefficient (Wildman–Crippen LogP) is 19.3. The van der Waals surface area contributed by atoms with Gasteiger partial charge >= 0.3 is 0 Å². The molecule has 3 nitrogen and oxygen atoms in total. The number of hydrogen-bond donors (Lipinski definition) is 0. The van der Waals surface area contributed by atoms with Gasteiger partial charge in [0, 0.05) is 62.3 Å². The quantitative estimate of drug-likeness (QED) is 0.125. The van der Waals surface area contributed by atoms with Gasteiger partial charge in [-0.3, -0.25) is 0 Å². The molecule has 0 spiro atoms. The molecule has 1 aliphatic rings. The zero-order valence-corrected chi connectivity index (χ0v) is 41.4. The highest BCUT2D eigenvalue weighted by Crippen LogP contribution is 2.40. The number of aromatic nitrogens is 2. The molecule has 0 radical (unpaired) electrons. The number of fused-ring (bicyclic) bond motifs is 6. The fraction of sp³-hybridized carbons (Fsp3) is 0.0556. The van der Waals surface area contributed by atoms with E-state index in [0.717, 1.165) is 52.4 Å². The second-order valence-electron chi connectivity index (χ2n) is 19.8. The maximum atomic E-state index is 3.49. The molecular weight excluding hydrogens is 907 g/mol. The number of rotatable bonds is 10. The SMILES string of the molecule is C1#C[C@H](c2cccc(-c3cccc(-c4ccc(N(c5ccc(-c6cccc(-n7c8ccccc8c8ccccc87)c6)cc5)c5ccc(-c6cccc(-n7c8ccccc8c8ccccc87)c6)cc5)cc4)c3)c2)CCC1. The largest absolute Gasteiger partial charge is 0.311 e. The summed E-state index contributed by atoms with van der Waals surface area (Å²) in [5.74, 6) is 7.15. The summed E-state index contributed by atoms with van der Waals surface area (Å²) in [4.78, 5) is 2.37. The lowest BCUT2D eigenvalue weighted by atomic mass is 9.89. The highest BCUT2D eigenvalue weighted by molar-refractivity contribution is 6.10. The molecule has 75 heavy (non-hydrogen) atoms. The Kier molecular flexibility index (Phi) is 11.0. The Bertz CT molecular complexity index is 4020. The molecule has 2 aromatic heterocycles. The lowest BCUT2D eigenvalue weighted by Gasteiger charge is -2.26. The second-order valence-corrected chi connectivity index (χ2v) is 19.8. The summed E-state index contributed by atoms with van der Waals surface area (Å²) in [6, 6.07) is 97.7. The van der Waals surface area contributed by atoms with Gasteiger partial charge in [0.15, 0.2) is 0 Å². The van der Waals surface area contributed by atoms with Crippen molar-refractivity contribution in [2.75, 3.05) is 4.90 Å². The Morgan fingerprint density at radius 3 is 1.09 bits per heavy atom. The highest BCUT2D eigenvalue weighted by Gasteiger charge is 2.18. The first-order chi connectivity index (χ1) is 37.2. The van der Waals surface area contributed by atoms with Crippen LogP contribution in [0.5, 0.6) is 0 Å². The van der Waals surface area contributed by atoms with Crippen molar-refractivity contribution in [1.82, 2.24) is 9.13 Å². The third kappa shape index (κ3) is 8.05. The molecule has 14 rings (SSSR count). The van der Waals surface area contributed by atoms with Crippen LogP contribution in [-0.4, -0.2) is 9.13 Å². The van der Waals surface area contributed by atoms with Crippen molar-refractivity contribution in [3.8, 4) is 67.7 Å². The zero-order chi connectivity index (χ0) is 49.7. The highest BCUT2D eigenvalue weighted by atomic mass is 15.1. The summed E-state index contributed by atoms with van der Waals surface area (Å²) < 4.78 is 4.78. The lowest BCUT2D eigenvalue weighted by molar-refractivity contribution is 0.686. The van der Waals surface area contributed by atoms with Gasteiger partial charge < -0.3 is 14.0 Å². The van der Waals surface area contributed by atoms with Crippen LogP contribution in [0, 0.1) is 11.8 Å². The van der Waals surface area contributed by atoms with E-state index in [4.69, 9.17) is 0 Å². The van der Waals surface area contributed by atoms with Crippen molar-refractivity contribution >= 4 is 60.7 Å². The summed E-state index contributed by atoms with van der Waals surface area (Å²) >= 11 is 0. The molecule has 0 saturated heterocycles. The van der Waals surface area contributed by atoms with Gasteiger partial charge in [-0.2, -0.15) is 0 Å². The topological polar surface area (TPSA) is 13.1 Å². The monoisotopic (exact) mass is 957 g/mol. The summed E-state index contributed by atoms with van der Waals surface area (Å²) in [7, 11) is 0. The smallest absolute Gasteiger partial charge is 0.0541 e. The van der Waals surface area contributed by atoms with Crippen LogP contribution in [0.2, 0.25) is 0 Å². The Morgan fingerprint density at radius 1 is 0.320 bits per heavy atom. The molecule has 0 bridgehead atoms. The molecule has 0 saturated carbocycles. The van der Waals surface area contributed by atoms with Gasteiger partial charge in [0.25, 0.3) is 0 Å². The standard InChI is InChI=1S/C72H51N3/c1-2-16-50(17-3-1)54-18-12-20-56(46-54)57-21-13-19-55(47-57)51-34-40-60(41-35-51)73(61-42-36-52(37-43-61)58-22-14-24-63(48-58)74-69-30-8-4-26-65(69)66-27-5-9-31-70(66)74)62-44-38-53(39-45-62)59-23-15-25-64(49-59)75-71-32-10-6-28-67(71)68-29-7-11-33-72(68)75/h4-15,18-50H,1-2,16H2/t50-/m1/s1. The Labute approximate surface area is 437 Å². The lowest BCUT2D eigenvalue weighted by Crippen LogP contribution is -2.09. The van der Waals surface area contributed by atoms with Crippen molar-refractivity contribution in [2.45, 2.75) is 25.2 Å². The van der Waals surface area contributed by atoms with Crippen molar-refractivity contribution in [3.63, 3.8) is 0 Å². The average Bonchev–Trinajstić information content (AvgIpc) is 4.02. The van der Waals surface area contributed by atoms with Gasteiger partial charge in [0.05, 0.1) is 22.1 Å². The van der Waals surface area contributed by atoms with E-state index in [0.29, 0.717) is 5.92 Å². The summed E-state index contributed by atoms with van der Waals surface area (Å²) in [6.45, 7) is 0. The molecule has 0 unspecified atom stereocenters.